The maximum absolute atomic E-state index is 5.97. The van der Waals surface area contributed by atoms with Gasteiger partial charge in [-0.25, -0.2) is 0 Å². The van der Waals surface area contributed by atoms with Crippen LogP contribution in [0.15, 0.2) is 54.7 Å². The lowest BCUT2D eigenvalue weighted by Gasteiger charge is -2.09. The van der Waals surface area contributed by atoms with E-state index in [1.54, 1.807) is 6.20 Å². The van der Waals surface area contributed by atoms with Gasteiger partial charge in [0.15, 0.2) is 5.82 Å². The van der Waals surface area contributed by atoms with Gasteiger partial charge in [-0.2, -0.15) is 10.1 Å². The minimum Gasteiger partial charge on any atom is -0.339 e. The molecule has 3 aromatic rings. The molecule has 0 fully saturated rings. The van der Waals surface area contributed by atoms with Gasteiger partial charge in [0.25, 0.3) is 0 Å². The zero-order valence-corrected chi connectivity index (χ0v) is 12.7. The minimum absolute atomic E-state index is 0.432. The number of hydrogen-bond acceptors (Lipinski definition) is 5. The van der Waals surface area contributed by atoms with Crippen LogP contribution < -0.4 is 10.6 Å². The Morgan fingerprint density at radius 3 is 2.68 bits per heavy atom. The number of aryl methyl sites for hydroxylation is 1. The van der Waals surface area contributed by atoms with Crippen LogP contribution in [0.1, 0.15) is 5.56 Å². The average molecular weight is 312 g/mol. The number of para-hydroxylation sites is 1. The van der Waals surface area contributed by atoms with Crippen molar-refractivity contribution in [3.63, 3.8) is 0 Å². The first-order chi connectivity index (χ1) is 10.7. The highest BCUT2D eigenvalue weighted by atomic mass is 35.5. The van der Waals surface area contributed by atoms with Gasteiger partial charge in [-0.15, -0.1) is 5.10 Å². The number of aromatic nitrogens is 3. The Bertz CT molecular complexity index is 791. The van der Waals surface area contributed by atoms with E-state index in [9.17, 15) is 0 Å². The monoisotopic (exact) mass is 311 g/mol. The highest BCUT2D eigenvalue weighted by Crippen LogP contribution is 2.20. The molecule has 0 radical (unpaired) electrons. The fraction of sp³-hybridized carbons (Fsp3) is 0.0625. The van der Waals surface area contributed by atoms with Crippen molar-refractivity contribution in [3.05, 3.63) is 65.3 Å². The third-order valence-corrected chi connectivity index (χ3v) is 3.28. The first kappa shape index (κ1) is 14.3. The van der Waals surface area contributed by atoms with Crippen LogP contribution in [-0.2, 0) is 0 Å². The summed E-state index contributed by atoms with van der Waals surface area (Å²) in [7, 11) is 0. The van der Waals surface area contributed by atoms with Crippen LogP contribution in [-0.4, -0.2) is 15.2 Å². The van der Waals surface area contributed by atoms with E-state index in [4.69, 9.17) is 11.6 Å². The van der Waals surface area contributed by atoms with E-state index < -0.39 is 0 Å². The Balaban J connectivity index is 1.79. The highest BCUT2D eigenvalue weighted by Gasteiger charge is 2.04. The zero-order valence-electron chi connectivity index (χ0n) is 11.9. The van der Waals surface area contributed by atoms with Gasteiger partial charge in [-0.05, 0) is 36.8 Å². The number of nitrogens with one attached hydrogen (secondary N) is 2. The van der Waals surface area contributed by atoms with E-state index in [0.29, 0.717) is 16.8 Å². The average Bonchev–Trinajstić information content (AvgIpc) is 2.50. The molecule has 5 nitrogen and oxygen atoms in total. The van der Waals surface area contributed by atoms with Crippen molar-refractivity contribution in [2.45, 2.75) is 6.92 Å². The van der Waals surface area contributed by atoms with Crippen molar-refractivity contribution in [2.24, 2.45) is 0 Å². The van der Waals surface area contributed by atoms with Gasteiger partial charge in [0.1, 0.15) is 0 Å². The van der Waals surface area contributed by atoms with Crippen LogP contribution >= 0.6 is 11.6 Å². The molecule has 0 atom stereocenters. The Morgan fingerprint density at radius 2 is 1.86 bits per heavy atom. The lowest BCUT2D eigenvalue weighted by molar-refractivity contribution is 0.982. The molecule has 110 valence electrons. The molecular weight excluding hydrogens is 298 g/mol. The summed E-state index contributed by atoms with van der Waals surface area (Å²) in [5.74, 6) is 1.02. The maximum Gasteiger partial charge on any atom is 0.249 e. The number of halogens is 1. The van der Waals surface area contributed by atoms with Crippen LogP contribution in [0.2, 0.25) is 5.02 Å². The zero-order chi connectivity index (χ0) is 15.4. The van der Waals surface area contributed by atoms with E-state index in [-0.39, 0.29) is 0 Å². The fourth-order valence-corrected chi connectivity index (χ4v) is 2.15. The summed E-state index contributed by atoms with van der Waals surface area (Å²) in [6, 6.07) is 15.3. The Labute approximate surface area is 133 Å². The van der Waals surface area contributed by atoms with E-state index in [2.05, 4.69) is 25.8 Å². The van der Waals surface area contributed by atoms with E-state index >= 15 is 0 Å². The number of hydrogen-bond donors (Lipinski definition) is 2. The quantitative estimate of drug-likeness (QED) is 0.751. The van der Waals surface area contributed by atoms with Gasteiger partial charge in [0.05, 0.1) is 6.20 Å². The smallest absolute Gasteiger partial charge is 0.249 e. The third kappa shape index (κ3) is 3.51. The molecule has 0 aliphatic heterocycles. The van der Waals surface area contributed by atoms with E-state index in [0.717, 1.165) is 16.9 Å². The van der Waals surface area contributed by atoms with Crippen molar-refractivity contribution < 1.29 is 0 Å². The maximum atomic E-state index is 5.97. The normalized spacial score (nSPS) is 10.3. The van der Waals surface area contributed by atoms with Crippen molar-refractivity contribution in [1.82, 2.24) is 15.2 Å². The van der Waals surface area contributed by atoms with Crippen LogP contribution in [0.4, 0.5) is 23.1 Å². The second-order valence-electron chi connectivity index (χ2n) is 4.74. The molecule has 0 amide bonds. The molecule has 0 unspecified atom stereocenters. The van der Waals surface area contributed by atoms with Gasteiger partial charge < -0.3 is 10.6 Å². The molecule has 2 aromatic carbocycles. The summed E-state index contributed by atoms with van der Waals surface area (Å²) in [4.78, 5) is 4.40. The minimum atomic E-state index is 0.432. The van der Waals surface area contributed by atoms with Gasteiger partial charge in [0, 0.05) is 16.4 Å². The summed E-state index contributed by atoms with van der Waals surface area (Å²) >= 11 is 5.97. The molecule has 6 heteroatoms. The number of anilines is 4. The van der Waals surface area contributed by atoms with Gasteiger partial charge in [-0.3, -0.25) is 0 Å². The topological polar surface area (TPSA) is 62.7 Å². The third-order valence-electron chi connectivity index (χ3n) is 3.05. The van der Waals surface area contributed by atoms with Crippen LogP contribution in [0.25, 0.3) is 0 Å². The molecule has 0 aliphatic carbocycles. The highest BCUT2D eigenvalue weighted by molar-refractivity contribution is 6.30. The summed E-state index contributed by atoms with van der Waals surface area (Å²) in [5, 5.41) is 14.9. The Morgan fingerprint density at radius 1 is 1.00 bits per heavy atom. The number of nitrogens with zero attached hydrogens (tertiary/aromatic N) is 3. The van der Waals surface area contributed by atoms with Gasteiger partial charge >= 0.3 is 0 Å². The number of rotatable bonds is 4. The first-order valence-electron chi connectivity index (χ1n) is 6.76. The van der Waals surface area contributed by atoms with Gasteiger partial charge in [-0.1, -0.05) is 35.9 Å². The van der Waals surface area contributed by atoms with Gasteiger partial charge in [0.2, 0.25) is 5.95 Å². The molecule has 2 N–H and O–H groups in total. The fourth-order valence-electron chi connectivity index (χ4n) is 1.96. The van der Waals surface area contributed by atoms with E-state index in [1.165, 1.54) is 0 Å². The Hall–Kier alpha value is -2.66. The largest absolute Gasteiger partial charge is 0.339 e. The number of benzene rings is 2. The lowest BCUT2D eigenvalue weighted by Crippen LogP contribution is -2.03. The Kier molecular flexibility index (Phi) is 4.16. The standard InChI is InChI=1S/C16H14ClN5/c1-11-5-2-3-8-14(11)20-16-21-15(10-18-22-16)19-13-7-4-6-12(17)9-13/h2-10H,1H3,(H2,19,20,21,22). The molecule has 3 rings (SSSR count). The van der Waals surface area contributed by atoms with Crippen LogP contribution in [0.5, 0.6) is 0 Å². The SMILES string of the molecule is Cc1ccccc1Nc1nncc(Nc2cccc(Cl)c2)n1. The van der Waals surface area contributed by atoms with Crippen molar-refractivity contribution >= 4 is 34.7 Å². The molecule has 1 aromatic heterocycles. The molecule has 22 heavy (non-hydrogen) atoms. The molecule has 0 aliphatic rings. The second kappa shape index (κ2) is 6.41. The predicted molar refractivity (Wildman–Crippen MR) is 89.0 cm³/mol. The molecular formula is C16H14ClN5. The lowest BCUT2D eigenvalue weighted by atomic mass is 10.2. The van der Waals surface area contributed by atoms with Crippen molar-refractivity contribution in [2.75, 3.05) is 10.6 Å². The summed E-state index contributed by atoms with van der Waals surface area (Å²) in [5.41, 5.74) is 2.90. The van der Waals surface area contributed by atoms with Crippen LogP contribution in [0, 0.1) is 6.92 Å². The predicted octanol–water partition coefficient (Wildman–Crippen LogP) is 4.32. The summed E-state index contributed by atoms with van der Waals surface area (Å²) < 4.78 is 0. The molecule has 0 bridgehead atoms. The first-order valence-corrected chi connectivity index (χ1v) is 7.13. The van der Waals surface area contributed by atoms with E-state index in [1.807, 2.05) is 55.5 Å². The van der Waals surface area contributed by atoms with Crippen LogP contribution in [0.3, 0.4) is 0 Å². The molecule has 1 heterocycles. The summed E-state index contributed by atoms with van der Waals surface area (Å²) in [6.07, 6.45) is 1.56. The second-order valence-corrected chi connectivity index (χ2v) is 5.18. The van der Waals surface area contributed by atoms with Crippen molar-refractivity contribution in [3.8, 4) is 0 Å². The summed E-state index contributed by atoms with van der Waals surface area (Å²) in [6.45, 7) is 2.02. The molecule has 0 saturated heterocycles. The molecule has 0 saturated carbocycles. The van der Waals surface area contributed by atoms with Crippen molar-refractivity contribution in [1.29, 1.82) is 0 Å². The molecule has 0 spiro atoms.